The van der Waals surface area contributed by atoms with Crippen LogP contribution in [0.25, 0.3) is 10.9 Å². The summed E-state index contributed by atoms with van der Waals surface area (Å²) in [6.07, 6.45) is 1.94. The van der Waals surface area contributed by atoms with Crippen LogP contribution in [0.2, 0.25) is 0 Å². The number of fused-ring (bicyclic) bond motifs is 1. The summed E-state index contributed by atoms with van der Waals surface area (Å²) in [7, 11) is 3.92. The second-order valence-electron chi connectivity index (χ2n) is 6.33. The highest BCUT2D eigenvalue weighted by atomic mass is 16.2. The molecular weight excluding hydrogens is 328 g/mol. The van der Waals surface area contributed by atoms with Crippen molar-refractivity contribution in [2.75, 3.05) is 24.3 Å². The van der Waals surface area contributed by atoms with Crippen molar-refractivity contribution in [2.45, 2.75) is 19.4 Å². The van der Waals surface area contributed by atoms with Crippen LogP contribution in [0, 0.1) is 0 Å². The fourth-order valence-corrected chi connectivity index (χ4v) is 2.88. The Morgan fingerprint density at radius 1 is 1.15 bits per heavy atom. The van der Waals surface area contributed by atoms with Gasteiger partial charge in [0, 0.05) is 25.5 Å². The molecule has 0 aliphatic carbocycles. The highest BCUT2D eigenvalue weighted by molar-refractivity contribution is 5.94. The molecule has 0 saturated carbocycles. The summed E-state index contributed by atoms with van der Waals surface area (Å²) in [4.78, 5) is 31.8. The van der Waals surface area contributed by atoms with E-state index < -0.39 is 6.04 Å². The lowest BCUT2D eigenvalue weighted by atomic mass is 10.1. The van der Waals surface area contributed by atoms with E-state index in [0.29, 0.717) is 23.0 Å². The van der Waals surface area contributed by atoms with Crippen LogP contribution in [0.1, 0.15) is 19.4 Å². The Labute approximate surface area is 152 Å². The summed E-state index contributed by atoms with van der Waals surface area (Å²) < 4.78 is 1.41. The van der Waals surface area contributed by atoms with Gasteiger partial charge >= 0.3 is 0 Å². The van der Waals surface area contributed by atoms with Crippen LogP contribution in [0.4, 0.5) is 11.4 Å². The lowest BCUT2D eigenvalue weighted by molar-refractivity contribution is -0.119. The number of nitrogens with zero attached hydrogens (tertiary/aromatic N) is 3. The third-order valence-corrected chi connectivity index (χ3v) is 4.37. The van der Waals surface area contributed by atoms with Crippen LogP contribution >= 0.6 is 0 Å². The van der Waals surface area contributed by atoms with Gasteiger partial charge in [0.15, 0.2) is 0 Å². The van der Waals surface area contributed by atoms with Crippen molar-refractivity contribution in [1.29, 1.82) is 0 Å². The first kappa shape index (κ1) is 17.7. The highest BCUT2D eigenvalue weighted by Crippen LogP contribution is 2.18. The second kappa shape index (κ2) is 7.39. The van der Waals surface area contributed by atoms with E-state index in [9.17, 15) is 9.59 Å². The Morgan fingerprint density at radius 3 is 2.50 bits per heavy atom. The third kappa shape index (κ3) is 3.44. The number of hydrogen-bond donors (Lipinski definition) is 1. The minimum Gasteiger partial charge on any atom is -0.378 e. The summed E-state index contributed by atoms with van der Waals surface area (Å²) in [5, 5.41) is 3.40. The Kier molecular flexibility index (Phi) is 5.02. The quantitative estimate of drug-likeness (QED) is 0.768. The van der Waals surface area contributed by atoms with Gasteiger partial charge in [-0.15, -0.1) is 0 Å². The summed E-state index contributed by atoms with van der Waals surface area (Å²) in [6, 6.07) is 14.1. The van der Waals surface area contributed by atoms with Gasteiger partial charge in [-0.2, -0.15) is 0 Å². The molecule has 3 aromatic rings. The van der Waals surface area contributed by atoms with E-state index in [1.807, 2.05) is 56.3 Å². The minimum atomic E-state index is -0.617. The first-order chi connectivity index (χ1) is 12.5. The van der Waals surface area contributed by atoms with E-state index in [-0.39, 0.29) is 11.5 Å². The van der Waals surface area contributed by atoms with Gasteiger partial charge in [-0.1, -0.05) is 19.1 Å². The zero-order valence-corrected chi connectivity index (χ0v) is 15.1. The van der Waals surface area contributed by atoms with Crippen LogP contribution in [-0.2, 0) is 4.79 Å². The fourth-order valence-electron chi connectivity index (χ4n) is 2.88. The summed E-state index contributed by atoms with van der Waals surface area (Å²) in [5.41, 5.74) is 2.16. The normalized spacial score (nSPS) is 12.0. The second-order valence-corrected chi connectivity index (χ2v) is 6.33. The molecule has 0 aliphatic rings. The van der Waals surface area contributed by atoms with Crippen LogP contribution in [0.3, 0.4) is 0 Å². The van der Waals surface area contributed by atoms with Crippen molar-refractivity contribution in [1.82, 2.24) is 9.55 Å². The van der Waals surface area contributed by atoms with Gasteiger partial charge in [0.25, 0.3) is 5.56 Å². The van der Waals surface area contributed by atoms with E-state index in [1.165, 1.54) is 10.9 Å². The zero-order chi connectivity index (χ0) is 18.7. The van der Waals surface area contributed by atoms with Crippen molar-refractivity contribution in [3.8, 4) is 0 Å². The number of rotatable bonds is 5. The average Bonchev–Trinajstić information content (AvgIpc) is 2.65. The maximum absolute atomic E-state index is 12.7. The van der Waals surface area contributed by atoms with Gasteiger partial charge in [0.1, 0.15) is 6.04 Å². The number of amides is 1. The molecule has 1 heterocycles. The van der Waals surface area contributed by atoms with Crippen LogP contribution in [0.15, 0.2) is 59.7 Å². The number of carbonyl (C=O) groups is 1. The first-order valence-corrected chi connectivity index (χ1v) is 8.55. The third-order valence-electron chi connectivity index (χ3n) is 4.37. The summed E-state index contributed by atoms with van der Waals surface area (Å²) in [5.74, 6) is -0.232. The first-order valence-electron chi connectivity index (χ1n) is 8.55. The predicted molar refractivity (Wildman–Crippen MR) is 105 cm³/mol. The Morgan fingerprint density at radius 2 is 1.85 bits per heavy atom. The molecule has 0 radical (unpaired) electrons. The molecule has 134 valence electrons. The molecule has 0 unspecified atom stereocenters. The minimum absolute atomic E-state index is 0.208. The Bertz CT molecular complexity index is 977. The molecule has 26 heavy (non-hydrogen) atoms. The van der Waals surface area contributed by atoms with Gasteiger partial charge in [0.05, 0.1) is 17.2 Å². The van der Waals surface area contributed by atoms with Crippen LogP contribution in [-0.4, -0.2) is 29.6 Å². The molecule has 1 aromatic heterocycles. The molecule has 3 rings (SSSR count). The number of aromatic nitrogens is 2. The van der Waals surface area contributed by atoms with Gasteiger partial charge in [0.2, 0.25) is 5.91 Å². The lowest BCUT2D eigenvalue weighted by Gasteiger charge is -2.18. The number of hydrogen-bond acceptors (Lipinski definition) is 4. The lowest BCUT2D eigenvalue weighted by Crippen LogP contribution is -2.33. The topological polar surface area (TPSA) is 67.2 Å². The summed E-state index contributed by atoms with van der Waals surface area (Å²) >= 11 is 0. The van der Waals surface area contributed by atoms with E-state index in [2.05, 4.69) is 10.3 Å². The highest BCUT2D eigenvalue weighted by Gasteiger charge is 2.21. The maximum atomic E-state index is 12.7. The van der Waals surface area contributed by atoms with E-state index >= 15 is 0 Å². The van der Waals surface area contributed by atoms with E-state index in [0.717, 1.165) is 5.69 Å². The molecule has 0 bridgehead atoms. The van der Waals surface area contributed by atoms with Gasteiger partial charge < -0.3 is 10.2 Å². The van der Waals surface area contributed by atoms with Gasteiger partial charge in [-0.25, -0.2) is 4.98 Å². The molecule has 0 saturated heterocycles. The molecular formula is C20H22N4O2. The molecule has 6 nitrogen and oxygen atoms in total. The maximum Gasteiger partial charge on any atom is 0.261 e. The fraction of sp³-hybridized carbons (Fsp3) is 0.250. The SMILES string of the molecule is CC[C@@H](C(=O)Nc1ccc(N(C)C)cc1)n1cnc2ccccc2c1=O. The molecule has 0 fully saturated rings. The van der Waals surface area contributed by atoms with Crippen LogP contribution < -0.4 is 15.8 Å². The van der Waals surface area contributed by atoms with E-state index in [4.69, 9.17) is 0 Å². The van der Waals surface area contributed by atoms with Crippen molar-refractivity contribution >= 4 is 28.2 Å². The number of benzene rings is 2. The van der Waals surface area contributed by atoms with Crippen molar-refractivity contribution in [3.63, 3.8) is 0 Å². The van der Waals surface area contributed by atoms with Crippen molar-refractivity contribution in [2.24, 2.45) is 0 Å². The largest absolute Gasteiger partial charge is 0.378 e. The van der Waals surface area contributed by atoms with Crippen molar-refractivity contribution < 1.29 is 4.79 Å². The monoisotopic (exact) mass is 350 g/mol. The molecule has 1 N–H and O–H groups in total. The van der Waals surface area contributed by atoms with Gasteiger partial charge in [-0.3, -0.25) is 14.2 Å². The van der Waals surface area contributed by atoms with Crippen molar-refractivity contribution in [3.05, 3.63) is 65.2 Å². The smallest absolute Gasteiger partial charge is 0.261 e. The molecule has 2 aromatic carbocycles. The molecule has 0 aliphatic heterocycles. The molecule has 0 spiro atoms. The number of carbonyl (C=O) groups excluding carboxylic acids is 1. The number of anilines is 2. The molecule has 6 heteroatoms. The predicted octanol–water partition coefficient (Wildman–Crippen LogP) is 3.05. The van der Waals surface area contributed by atoms with Gasteiger partial charge in [-0.05, 0) is 42.8 Å². The summed E-state index contributed by atoms with van der Waals surface area (Å²) in [6.45, 7) is 1.88. The zero-order valence-electron chi connectivity index (χ0n) is 15.1. The van der Waals surface area contributed by atoms with Crippen LogP contribution in [0.5, 0.6) is 0 Å². The van der Waals surface area contributed by atoms with E-state index in [1.54, 1.807) is 18.2 Å². The number of nitrogens with one attached hydrogen (secondary N) is 1. The number of para-hydroxylation sites is 1. The standard InChI is InChI=1S/C20H22N4O2/c1-4-18(19(25)22-14-9-11-15(12-10-14)23(2)3)24-13-21-17-8-6-5-7-16(17)20(24)26/h5-13,18H,4H2,1-3H3,(H,22,25)/t18-/m0/s1. The average molecular weight is 350 g/mol. The Hall–Kier alpha value is -3.15. The Balaban J connectivity index is 1.87. The molecule has 1 atom stereocenters. The molecule has 1 amide bonds.